The Labute approximate surface area is 246 Å². The van der Waals surface area contributed by atoms with Crippen molar-refractivity contribution >= 4 is 80.3 Å². The number of amides is 5. The Kier molecular flexibility index (Phi) is 8.98. The molecule has 3 aromatic carbocycles. The van der Waals surface area contributed by atoms with Gasteiger partial charge in [-0.05, 0) is 89.1 Å². The second-order valence-corrected chi connectivity index (χ2v) is 9.87. The monoisotopic (exact) mass is 647 g/mol. The molecule has 0 bridgehead atoms. The lowest BCUT2D eigenvalue weighted by molar-refractivity contribution is -0.122. The average molecular weight is 649 g/mol. The van der Waals surface area contributed by atoms with Crippen molar-refractivity contribution in [2.75, 3.05) is 23.4 Å². The first kappa shape index (κ1) is 28.9. The number of nitrogens with zero attached hydrogens (tertiary/aromatic N) is 1. The summed E-state index contributed by atoms with van der Waals surface area (Å²) >= 11 is 15.3. The molecule has 0 aromatic heterocycles. The van der Waals surface area contributed by atoms with E-state index in [1.165, 1.54) is 42.5 Å². The normalized spacial score (nSPS) is 14.2. The van der Waals surface area contributed by atoms with E-state index in [1.54, 1.807) is 25.1 Å². The molecule has 1 aliphatic heterocycles. The molecule has 1 heterocycles. The highest BCUT2D eigenvalue weighted by molar-refractivity contribution is 9.10. The van der Waals surface area contributed by atoms with E-state index in [0.717, 1.165) is 4.90 Å². The van der Waals surface area contributed by atoms with Gasteiger partial charge in [-0.1, -0.05) is 23.2 Å². The Morgan fingerprint density at radius 3 is 2.45 bits per heavy atom. The molecule has 3 N–H and O–H groups in total. The minimum absolute atomic E-state index is 0.0528. The van der Waals surface area contributed by atoms with Gasteiger partial charge < -0.3 is 19.9 Å². The molecule has 0 aliphatic carbocycles. The number of carbonyl (C=O) groups excluding carboxylic acids is 4. The number of benzene rings is 3. The van der Waals surface area contributed by atoms with Gasteiger partial charge in [-0.3, -0.25) is 19.7 Å². The van der Waals surface area contributed by atoms with Crippen LogP contribution in [-0.2, 0) is 14.4 Å². The van der Waals surface area contributed by atoms with Crippen molar-refractivity contribution in [3.8, 4) is 17.2 Å². The molecule has 10 nitrogen and oxygen atoms in total. The fourth-order valence-corrected chi connectivity index (χ4v) is 4.52. The number of carbonyl (C=O) groups is 4. The van der Waals surface area contributed by atoms with Crippen LogP contribution in [0.4, 0.5) is 16.2 Å². The molecule has 0 saturated carbocycles. The molecule has 1 saturated heterocycles. The summed E-state index contributed by atoms with van der Waals surface area (Å²) in [6, 6.07) is 12.2. The van der Waals surface area contributed by atoms with Gasteiger partial charge in [0.1, 0.15) is 11.3 Å². The number of anilines is 2. The minimum atomic E-state index is -0.920. The second kappa shape index (κ2) is 12.4. The Bertz CT molecular complexity index is 1540. The van der Waals surface area contributed by atoms with Crippen LogP contribution in [0.1, 0.15) is 12.5 Å². The van der Waals surface area contributed by atoms with E-state index in [4.69, 9.17) is 32.7 Å². The van der Waals surface area contributed by atoms with Crippen molar-refractivity contribution in [1.29, 1.82) is 0 Å². The predicted molar refractivity (Wildman–Crippen MR) is 153 cm³/mol. The second-order valence-electron chi connectivity index (χ2n) is 8.20. The molecule has 13 heteroatoms. The lowest BCUT2D eigenvalue weighted by Gasteiger charge is -2.26. The smallest absolute Gasteiger partial charge is 0.335 e. The summed E-state index contributed by atoms with van der Waals surface area (Å²) in [4.78, 5) is 51.4. The van der Waals surface area contributed by atoms with E-state index in [0.29, 0.717) is 20.7 Å². The molecule has 0 radical (unpaired) electrons. The fourth-order valence-electron chi connectivity index (χ4n) is 3.64. The number of hydrogen-bond acceptors (Lipinski definition) is 7. The molecule has 0 unspecified atom stereocenters. The van der Waals surface area contributed by atoms with E-state index >= 15 is 0 Å². The maximum absolute atomic E-state index is 13.2. The lowest BCUT2D eigenvalue weighted by atomic mass is 10.1. The standard InChI is InChI=1S/C27H20BrCl2N3O7/c1-2-39-22-11-14(9-18-25(36)32-27(38)33(26(18)37)16-4-6-17(34)7-5-16)10-19(28)24(22)40-13-23(35)31-15-3-8-20(29)21(30)12-15/h3-12,34H,2,13H2,1H3,(H,31,35)(H,32,36,38)/b18-9-. The molecule has 1 fully saturated rings. The number of phenols is 1. The molecule has 206 valence electrons. The first-order valence-electron chi connectivity index (χ1n) is 11.6. The minimum Gasteiger partial charge on any atom is -0.508 e. The van der Waals surface area contributed by atoms with Crippen molar-refractivity contribution in [2.45, 2.75) is 6.92 Å². The number of urea groups is 1. The van der Waals surface area contributed by atoms with E-state index in [2.05, 4.69) is 26.6 Å². The summed E-state index contributed by atoms with van der Waals surface area (Å²) in [7, 11) is 0. The molecule has 1 aliphatic rings. The molecular formula is C27H20BrCl2N3O7. The van der Waals surface area contributed by atoms with Gasteiger partial charge in [0.15, 0.2) is 18.1 Å². The first-order chi connectivity index (χ1) is 19.1. The zero-order chi connectivity index (χ0) is 29.0. The number of ether oxygens (including phenoxy) is 2. The van der Waals surface area contributed by atoms with Gasteiger partial charge in [-0.25, -0.2) is 9.69 Å². The number of hydrogen-bond donors (Lipinski definition) is 3. The average Bonchev–Trinajstić information content (AvgIpc) is 2.89. The van der Waals surface area contributed by atoms with Gasteiger partial charge in [-0.15, -0.1) is 0 Å². The maximum Gasteiger partial charge on any atom is 0.335 e. The van der Waals surface area contributed by atoms with Crippen molar-refractivity contribution in [3.05, 3.63) is 80.3 Å². The van der Waals surface area contributed by atoms with Crippen LogP contribution in [0, 0.1) is 0 Å². The largest absolute Gasteiger partial charge is 0.508 e. The van der Waals surface area contributed by atoms with E-state index < -0.39 is 23.8 Å². The van der Waals surface area contributed by atoms with E-state index in [9.17, 15) is 24.3 Å². The van der Waals surface area contributed by atoms with Crippen LogP contribution in [-0.4, -0.2) is 42.1 Å². The topological polar surface area (TPSA) is 134 Å². The Hall–Kier alpha value is -4.06. The summed E-state index contributed by atoms with van der Waals surface area (Å²) in [6.45, 7) is 1.63. The van der Waals surface area contributed by atoms with Gasteiger partial charge in [-0.2, -0.15) is 0 Å². The third-order valence-electron chi connectivity index (χ3n) is 5.40. The highest BCUT2D eigenvalue weighted by Crippen LogP contribution is 2.38. The van der Waals surface area contributed by atoms with E-state index in [-0.39, 0.29) is 46.7 Å². The van der Waals surface area contributed by atoms with Gasteiger partial charge in [0.05, 0.1) is 26.8 Å². The maximum atomic E-state index is 13.2. The van der Waals surface area contributed by atoms with Gasteiger partial charge >= 0.3 is 6.03 Å². The number of halogens is 3. The lowest BCUT2D eigenvalue weighted by Crippen LogP contribution is -2.54. The Morgan fingerprint density at radius 2 is 1.77 bits per heavy atom. The third-order valence-corrected chi connectivity index (χ3v) is 6.73. The molecule has 0 atom stereocenters. The highest BCUT2D eigenvalue weighted by Gasteiger charge is 2.37. The van der Waals surface area contributed by atoms with Crippen LogP contribution in [0.2, 0.25) is 10.0 Å². The van der Waals surface area contributed by atoms with Crippen molar-refractivity contribution < 1.29 is 33.8 Å². The van der Waals surface area contributed by atoms with Crippen LogP contribution in [0.15, 0.2) is 64.6 Å². The van der Waals surface area contributed by atoms with Crippen LogP contribution >= 0.6 is 39.1 Å². The van der Waals surface area contributed by atoms with Crippen molar-refractivity contribution in [1.82, 2.24) is 5.32 Å². The highest BCUT2D eigenvalue weighted by atomic mass is 79.9. The number of imide groups is 2. The van der Waals surface area contributed by atoms with Gasteiger partial charge in [0, 0.05) is 5.69 Å². The quantitative estimate of drug-likeness (QED) is 0.216. The van der Waals surface area contributed by atoms with Gasteiger partial charge in [0.25, 0.3) is 17.7 Å². The number of nitrogens with one attached hydrogen (secondary N) is 2. The summed E-state index contributed by atoms with van der Waals surface area (Å²) < 4.78 is 11.8. The molecule has 3 aromatic rings. The number of barbiturate groups is 1. The number of aromatic hydroxyl groups is 1. The summed E-state index contributed by atoms with van der Waals surface area (Å²) in [5, 5.41) is 14.9. The van der Waals surface area contributed by atoms with Crippen LogP contribution < -0.4 is 25.0 Å². The molecule has 0 spiro atoms. The number of rotatable bonds is 8. The molecule has 40 heavy (non-hydrogen) atoms. The third kappa shape index (κ3) is 6.56. The number of phenolic OH excluding ortho intramolecular Hbond substituents is 1. The Morgan fingerprint density at radius 1 is 1.05 bits per heavy atom. The predicted octanol–water partition coefficient (Wildman–Crippen LogP) is 5.54. The SMILES string of the molecule is CCOc1cc(/C=C2/C(=O)NC(=O)N(c3ccc(O)cc3)C2=O)cc(Br)c1OCC(=O)Nc1ccc(Cl)c(Cl)c1. The molecular weight excluding hydrogens is 629 g/mol. The first-order valence-corrected chi connectivity index (χ1v) is 13.2. The summed E-state index contributed by atoms with van der Waals surface area (Å²) in [6.07, 6.45) is 1.30. The fraction of sp³-hybridized carbons (Fsp3) is 0.111. The van der Waals surface area contributed by atoms with Gasteiger partial charge in [0.2, 0.25) is 0 Å². The Balaban J connectivity index is 1.57. The zero-order valence-electron chi connectivity index (χ0n) is 20.7. The van der Waals surface area contributed by atoms with Crippen molar-refractivity contribution in [3.63, 3.8) is 0 Å². The molecule has 5 amide bonds. The molecule has 4 rings (SSSR count). The van der Waals surface area contributed by atoms with Crippen LogP contribution in [0.3, 0.4) is 0 Å². The zero-order valence-corrected chi connectivity index (χ0v) is 23.8. The summed E-state index contributed by atoms with van der Waals surface area (Å²) in [5.41, 5.74) is 0.667. The van der Waals surface area contributed by atoms with Crippen LogP contribution in [0.5, 0.6) is 17.2 Å². The van der Waals surface area contributed by atoms with E-state index in [1.807, 2.05) is 0 Å². The van der Waals surface area contributed by atoms with Crippen molar-refractivity contribution in [2.24, 2.45) is 0 Å². The summed E-state index contributed by atoms with van der Waals surface area (Å²) in [5.74, 6) is -1.80. The van der Waals surface area contributed by atoms with Crippen LogP contribution in [0.25, 0.3) is 6.08 Å².